The first-order chi connectivity index (χ1) is 9.15. The predicted octanol–water partition coefficient (Wildman–Crippen LogP) is 4.45. The Balaban J connectivity index is 2.38. The normalized spacial score (nSPS) is 13.1. The molecule has 0 amide bonds. The summed E-state index contributed by atoms with van der Waals surface area (Å²) in [7, 11) is 1.98. The van der Waals surface area contributed by atoms with Gasteiger partial charge in [-0.2, -0.15) is 0 Å². The van der Waals surface area contributed by atoms with Gasteiger partial charge in [0.15, 0.2) is 0 Å². The van der Waals surface area contributed by atoms with Crippen molar-refractivity contribution in [3.05, 3.63) is 35.0 Å². The summed E-state index contributed by atoms with van der Waals surface area (Å²) in [4.78, 5) is 0. The number of fused-ring (bicyclic) bond motifs is 1. The van der Waals surface area contributed by atoms with Gasteiger partial charge in [0.2, 0.25) is 0 Å². The van der Waals surface area contributed by atoms with Crippen molar-refractivity contribution in [2.75, 3.05) is 7.05 Å². The summed E-state index contributed by atoms with van der Waals surface area (Å²) in [6.45, 7) is 6.52. The van der Waals surface area contributed by atoms with E-state index in [0.717, 1.165) is 18.1 Å². The van der Waals surface area contributed by atoms with Crippen molar-refractivity contribution in [3.63, 3.8) is 0 Å². The third-order valence-corrected chi connectivity index (χ3v) is 3.82. The summed E-state index contributed by atoms with van der Waals surface area (Å²) in [5, 5.41) is 5.36. The highest BCUT2D eigenvalue weighted by atomic mass is 35.5. The van der Waals surface area contributed by atoms with Crippen LogP contribution in [0, 0.1) is 5.92 Å². The van der Waals surface area contributed by atoms with Gasteiger partial charge in [-0.1, -0.05) is 37.9 Å². The molecule has 2 nitrogen and oxygen atoms in total. The molecule has 0 bridgehead atoms. The van der Waals surface area contributed by atoms with E-state index >= 15 is 0 Å². The standard InChI is InChI=1S/C16H23ClN2/c1-4-5-12(2)10-19-11-13(9-18-3)15-7-6-14(17)8-16(15)19/h6-8,11-12,18H,4-5,9-10H2,1-3H3. The second-order valence-electron chi connectivity index (χ2n) is 5.39. The predicted molar refractivity (Wildman–Crippen MR) is 83.8 cm³/mol. The van der Waals surface area contributed by atoms with Crippen molar-refractivity contribution in [3.8, 4) is 0 Å². The Hall–Kier alpha value is -0.990. The monoisotopic (exact) mass is 278 g/mol. The molecule has 104 valence electrons. The van der Waals surface area contributed by atoms with E-state index in [1.807, 2.05) is 13.1 Å². The van der Waals surface area contributed by atoms with Crippen LogP contribution < -0.4 is 5.32 Å². The molecule has 1 aromatic heterocycles. The Morgan fingerprint density at radius 2 is 2.16 bits per heavy atom. The van der Waals surface area contributed by atoms with Gasteiger partial charge in [-0.15, -0.1) is 0 Å². The van der Waals surface area contributed by atoms with E-state index in [9.17, 15) is 0 Å². The molecule has 0 saturated carbocycles. The van der Waals surface area contributed by atoms with E-state index < -0.39 is 0 Å². The molecule has 0 aliphatic carbocycles. The van der Waals surface area contributed by atoms with Gasteiger partial charge in [0.05, 0.1) is 0 Å². The minimum atomic E-state index is 0.696. The average Bonchev–Trinajstić information content (AvgIpc) is 2.68. The van der Waals surface area contributed by atoms with Crippen LogP contribution in [-0.2, 0) is 13.1 Å². The Kier molecular flexibility index (Phi) is 4.89. The van der Waals surface area contributed by atoms with Gasteiger partial charge in [-0.05, 0) is 37.1 Å². The van der Waals surface area contributed by atoms with Crippen LogP contribution in [-0.4, -0.2) is 11.6 Å². The van der Waals surface area contributed by atoms with Crippen molar-refractivity contribution in [2.45, 2.75) is 39.8 Å². The lowest BCUT2D eigenvalue weighted by Gasteiger charge is -2.12. The second kappa shape index (κ2) is 6.44. The second-order valence-corrected chi connectivity index (χ2v) is 5.83. The number of hydrogen-bond donors (Lipinski definition) is 1. The number of halogens is 1. The molecule has 1 heterocycles. The first kappa shape index (κ1) is 14.4. The van der Waals surface area contributed by atoms with E-state index in [1.165, 1.54) is 29.3 Å². The molecule has 0 aliphatic rings. The van der Waals surface area contributed by atoms with Crippen molar-refractivity contribution in [1.82, 2.24) is 9.88 Å². The van der Waals surface area contributed by atoms with E-state index in [0.29, 0.717) is 5.92 Å². The molecule has 19 heavy (non-hydrogen) atoms. The lowest BCUT2D eigenvalue weighted by atomic mass is 10.1. The van der Waals surface area contributed by atoms with Crippen LogP contribution in [0.15, 0.2) is 24.4 Å². The SMILES string of the molecule is CCCC(C)Cn1cc(CNC)c2ccc(Cl)cc21. The van der Waals surface area contributed by atoms with Crippen LogP contribution in [0.2, 0.25) is 5.02 Å². The zero-order valence-corrected chi connectivity index (χ0v) is 12.8. The van der Waals surface area contributed by atoms with E-state index in [-0.39, 0.29) is 0 Å². The molecule has 0 fully saturated rings. The molecular formula is C16H23ClN2. The zero-order valence-electron chi connectivity index (χ0n) is 12.0. The van der Waals surface area contributed by atoms with Gasteiger partial charge in [0.1, 0.15) is 0 Å². The number of aromatic nitrogens is 1. The maximum atomic E-state index is 6.15. The van der Waals surface area contributed by atoms with Crippen molar-refractivity contribution in [1.29, 1.82) is 0 Å². The van der Waals surface area contributed by atoms with E-state index in [2.05, 4.69) is 42.1 Å². The minimum Gasteiger partial charge on any atom is -0.347 e. The van der Waals surface area contributed by atoms with Gasteiger partial charge < -0.3 is 9.88 Å². The Labute approximate surface area is 120 Å². The highest BCUT2D eigenvalue weighted by molar-refractivity contribution is 6.31. The van der Waals surface area contributed by atoms with Gasteiger partial charge in [0, 0.05) is 35.2 Å². The maximum Gasteiger partial charge on any atom is 0.0498 e. The maximum absolute atomic E-state index is 6.15. The summed E-state index contributed by atoms with van der Waals surface area (Å²) in [6, 6.07) is 6.18. The molecule has 0 saturated heterocycles. The van der Waals surface area contributed by atoms with E-state index in [4.69, 9.17) is 11.6 Å². The lowest BCUT2D eigenvalue weighted by molar-refractivity contribution is 0.453. The highest BCUT2D eigenvalue weighted by Crippen LogP contribution is 2.26. The molecule has 0 radical (unpaired) electrons. The molecule has 1 N–H and O–H groups in total. The third-order valence-electron chi connectivity index (χ3n) is 3.58. The minimum absolute atomic E-state index is 0.696. The molecular weight excluding hydrogens is 256 g/mol. The molecule has 1 unspecified atom stereocenters. The molecule has 2 aromatic rings. The smallest absolute Gasteiger partial charge is 0.0498 e. The summed E-state index contributed by atoms with van der Waals surface area (Å²) in [5.41, 5.74) is 2.60. The quantitative estimate of drug-likeness (QED) is 0.826. The topological polar surface area (TPSA) is 17.0 Å². The van der Waals surface area contributed by atoms with Crippen LogP contribution in [0.3, 0.4) is 0 Å². The zero-order chi connectivity index (χ0) is 13.8. The number of nitrogens with zero attached hydrogens (tertiary/aromatic N) is 1. The number of rotatable bonds is 6. The van der Waals surface area contributed by atoms with E-state index in [1.54, 1.807) is 0 Å². The summed E-state index contributed by atoms with van der Waals surface area (Å²) in [5.74, 6) is 0.696. The van der Waals surface area contributed by atoms with Crippen LogP contribution in [0.4, 0.5) is 0 Å². The molecule has 1 aromatic carbocycles. The fourth-order valence-corrected chi connectivity index (χ4v) is 2.91. The molecule has 2 rings (SSSR count). The highest BCUT2D eigenvalue weighted by Gasteiger charge is 2.10. The molecule has 0 spiro atoms. The third kappa shape index (κ3) is 3.31. The van der Waals surface area contributed by atoms with Crippen LogP contribution >= 0.6 is 11.6 Å². The summed E-state index contributed by atoms with van der Waals surface area (Å²) in [6.07, 6.45) is 4.77. The Morgan fingerprint density at radius 3 is 2.84 bits per heavy atom. The fraction of sp³-hybridized carbons (Fsp3) is 0.500. The van der Waals surface area contributed by atoms with Crippen molar-refractivity contribution >= 4 is 22.5 Å². The van der Waals surface area contributed by atoms with Gasteiger partial charge in [0.25, 0.3) is 0 Å². The Morgan fingerprint density at radius 1 is 1.37 bits per heavy atom. The average molecular weight is 279 g/mol. The number of nitrogens with one attached hydrogen (secondary N) is 1. The van der Waals surface area contributed by atoms with Crippen molar-refractivity contribution in [2.24, 2.45) is 5.92 Å². The fourth-order valence-electron chi connectivity index (χ4n) is 2.74. The molecule has 0 aliphatic heterocycles. The summed E-state index contributed by atoms with van der Waals surface area (Å²) < 4.78 is 2.36. The number of benzene rings is 1. The molecule has 3 heteroatoms. The van der Waals surface area contributed by atoms with Crippen LogP contribution in [0.1, 0.15) is 32.3 Å². The first-order valence-electron chi connectivity index (χ1n) is 7.07. The number of hydrogen-bond acceptors (Lipinski definition) is 1. The van der Waals surface area contributed by atoms with Gasteiger partial charge in [-0.3, -0.25) is 0 Å². The molecule has 1 atom stereocenters. The Bertz CT molecular complexity index is 545. The van der Waals surface area contributed by atoms with Gasteiger partial charge in [-0.25, -0.2) is 0 Å². The van der Waals surface area contributed by atoms with Gasteiger partial charge >= 0.3 is 0 Å². The van der Waals surface area contributed by atoms with Crippen molar-refractivity contribution < 1.29 is 0 Å². The lowest BCUT2D eigenvalue weighted by Crippen LogP contribution is -2.07. The largest absolute Gasteiger partial charge is 0.347 e. The van der Waals surface area contributed by atoms with Crippen LogP contribution in [0.5, 0.6) is 0 Å². The summed E-state index contributed by atoms with van der Waals surface area (Å²) >= 11 is 6.15. The van der Waals surface area contributed by atoms with Crippen LogP contribution in [0.25, 0.3) is 10.9 Å². The first-order valence-corrected chi connectivity index (χ1v) is 7.45.